The Kier molecular flexibility index (Phi) is 7.61. The third-order valence-electron chi connectivity index (χ3n) is 4.98. The Morgan fingerprint density at radius 3 is 2.30 bits per heavy atom. The zero-order valence-electron chi connectivity index (χ0n) is 18.0. The van der Waals surface area contributed by atoms with E-state index in [4.69, 9.17) is 0 Å². The molecule has 2 amide bonds. The van der Waals surface area contributed by atoms with Crippen LogP contribution in [0, 0.1) is 13.8 Å². The normalized spacial score (nSPS) is 12.2. The lowest BCUT2D eigenvalue weighted by Crippen LogP contribution is -2.50. The molecule has 0 aliphatic carbocycles. The van der Waals surface area contributed by atoms with E-state index in [9.17, 15) is 18.0 Å². The maximum absolute atomic E-state index is 13.3. The number of rotatable bonds is 8. The molecule has 30 heavy (non-hydrogen) atoms. The van der Waals surface area contributed by atoms with Gasteiger partial charge in [0, 0.05) is 13.6 Å². The second-order valence-electron chi connectivity index (χ2n) is 7.35. The smallest absolute Gasteiger partial charge is 0.244 e. The van der Waals surface area contributed by atoms with Crippen molar-refractivity contribution in [2.75, 3.05) is 24.2 Å². The van der Waals surface area contributed by atoms with E-state index < -0.39 is 28.5 Å². The van der Waals surface area contributed by atoms with Crippen molar-refractivity contribution in [2.24, 2.45) is 0 Å². The highest BCUT2D eigenvalue weighted by atomic mass is 32.2. The Morgan fingerprint density at radius 1 is 1.07 bits per heavy atom. The molecule has 0 spiro atoms. The lowest BCUT2D eigenvalue weighted by molar-refractivity contribution is -0.139. The molecule has 1 atom stereocenters. The van der Waals surface area contributed by atoms with Crippen molar-refractivity contribution in [3.8, 4) is 0 Å². The van der Waals surface area contributed by atoms with Crippen molar-refractivity contribution < 1.29 is 18.0 Å². The van der Waals surface area contributed by atoms with Crippen molar-refractivity contribution in [3.05, 3.63) is 65.2 Å². The minimum atomic E-state index is -3.71. The lowest BCUT2D eigenvalue weighted by atomic mass is 10.1. The Bertz CT molecular complexity index is 1020. The van der Waals surface area contributed by atoms with Gasteiger partial charge in [-0.25, -0.2) is 8.42 Å². The number of hydrogen-bond donors (Lipinski definition) is 1. The summed E-state index contributed by atoms with van der Waals surface area (Å²) < 4.78 is 26.0. The van der Waals surface area contributed by atoms with Crippen LogP contribution in [-0.4, -0.2) is 51.0 Å². The van der Waals surface area contributed by atoms with E-state index in [2.05, 4.69) is 5.32 Å². The zero-order valence-corrected chi connectivity index (χ0v) is 18.9. The number of nitrogens with zero attached hydrogens (tertiary/aromatic N) is 2. The van der Waals surface area contributed by atoms with Gasteiger partial charge in [-0.05, 0) is 49.6 Å². The van der Waals surface area contributed by atoms with Gasteiger partial charge in [-0.2, -0.15) is 0 Å². The number of anilines is 1. The molecule has 2 aromatic rings. The summed E-state index contributed by atoms with van der Waals surface area (Å²) in [6, 6.07) is 13.8. The number of likely N-dealkylation sites (N-methyl/N-ethyl adjacent to an activating group) is 1. The molecule has 2 rings (SSSR count). The molecule has 0 heterocycles. The van der Waals surface area contributed by atoms with Gasteiger partial charge >= 0.3 is 0 Å². The summed E-state index contributed by atoms with van der Waals surface area (Å²) in [5.74, 6) is -0.778. The van der Waals surface area contributed by atoms with Gasteiger partial charge in [0.05, 0.1) is 11.9 Å². The van der Waals surface area contributed by atoms with Gasteiger partial charge in [-0.1, -0.05) is 36.4 Å². The number of aryl methyl sites for hydroxylation is 2. The van der Waals surface area contributed by atoms with Gasteiger partial charge in [0.1, 0.15) is 12.6 Å². The molecule has 0 radical (unpaired) electrons. The van der Waals surface area contributed by atoms with Gasteiger partial charge in [0.15, 0.2) is 0 Å². The summed E-state index contributed by atoms with van der Waals surface area (Å²) in [5.41, 5.74) is 3.17. The van der Waals surface area contributed by atoms with Crippen LogP contribution in [0.4, 0.5) is 5.69 Å². The van der Waals surface area contributed by atoms with Gasteiger partial charge in [0.2, 0.25) is 21.8 Å². The summed E-state index contributed by atoms with van der Waals surface area (Å²) in [7, 11) is -2.21. The molecule has 0 bridgehead atoms. The molecule has 8 heteroatoms. The van der Waals surface area contributed by atoms with Crippen LogP contribution in [0.1, 0.15) is 23.6 Å². The molecule has 0 aliphatic heterocycles. The quantitative estimate of drug-likeness (QED) is 0.694. The summed E-state index contributed by atoms with van der Waals surface area (Å²) in [6.45, 7) is 5.22. The van der Waals surface area contributed by atoms with Crippen LogP contribution in [0.25, 0.3) is 0 Å². The van der Waals surface area contributed by atoms with Crippen molar-refractivity contribution in [2.45, 2.75) is 33.4 Å². The lowest BCUT2D eigenvalue weighted by Gasteiger charge is -2.31. The van der Waals surface area contributed by atoms with Gasteiger partial charge in [-0.15, -0.1) is 0 Å². The average Bonchev–Trinajstić information content (AvgIpc) is 2.69. The number of amides is 2. The monoisotopic (exact) mass is 431 g/mol. The summed E-state index contributed by atoms with van der Waals surface area (Å²) >= 11 is 0. The molecule has 1 N–H and O–H groups in total. The van der Waals surface area contributed by atoms with E-state index in [1.807, 2.05) is 44.2 Å². The van der Waals surface area contributed by atoms with E-state index >= 15 is 0 Å². The maximum atomic E-state index is 13.3. The predicted molar refractivity (Wildman–Crippen MR) is 119 cm³/mol. The Labute approximate surface area is 178 Å². The highest BCUT2D eigenvalue weighted by Crippen LogP contribution is 2.20. The molecule has 0 fully saturated rings. The Hall–Kier alpha value is -2.87. The molecule has 0 aromatic heterocycles. The third kappa shape index (κ3) is 5.82. The van der Waals surface area contributed by atoms with Crippen molar-refractivity contribution >= 4 is 27.5 Å². The standard InChI is InChI=1S/C22H29N3O4S/c1-16-9-8-12-20(13-16)25(30(5,28)29)15-21(26)24(18(3)22(27)23-4)14-19-11-7-6-10-17(19)2/h6-13,18H,14-15H2,1-5H3,(H,23,27)/t18-/m0/s1. The minimum Gasteiger partial charge on any atom is -0.357 e. The Balaban J connectivity index is 2.40. The second kappa shape index (κ2) is 9.75. The van der Waals surface area contributed by atoms with Crippen LogP contribution in [0.15, 0.2) is 48.5 Å². The summed E-state index contributed by atoms with van der Waals surface area (Å²) in [5, 5.41) is 2.56. The average molecular weight is 432 g/mol. The van der Waals surface area contributed by atoms with Crippen LogP contribution in [0.5, 0.6) is 0 Å². The number of carbonyl (C=O) groups is 2. The van der Waals surface area contributed by atoms with E-state index in [1.165, 1.54) is 11.9 Å². The highest BCUT2D eigenvalue weighted by molar-refractivity contribution is 7.92. The molecule has 0 unspecified atom stereocenters. The van der Waals surface area contributed by atoms with E-state index in [0.717, 1.165) is 27.3 Å². The van der Waals surface area contributed by atoms with Crippen LogP contribution < -0.4 is 9.62 Å². The van der Waals surface area contributed by atoms with Crippen LogP contribution in [0.2, 0.25) is 0 Å². The van der Waals surface area contributed by atoms with Crippen LogP contribution in [-0.2, 0) is 26.2 Å². The van der Waals surface area contributed by atoms with Crippen molar-refractivity contribution in [1.82, 2.24) is 10.2 Å². The first-order valence-corrected chi connectivity index (χ1v) is 11.5. The molecule has 0 saturated carbocycles. The molecule has 0 aliphatic rings. The topological polar surface area (TPSA) is 86.8 Å². The first kappa shape index (κ1) is 23.4. The molecular formula is C22H29N3O4S. The number of carbonyl (C=O) groups excluding carboxylic acids is 2. The minimum absolute atomic E-state index is 0.200. The van der Waals surface area contributed by atoms with Gasteiger partial charge in [0.25, 0.3) is 0 Å². The first-order valence-electron chi connectivity index (χ1n) is 9.64. The highest BCUT2D eigenvalue weighted by Gasteiger charge is 2.29. The fraction of sp³-hybridized carbons (Fsp3) is 0.364. The SMILES string of the molecule is CNC(=O)[C@H](C)N(Cc1ccccc1C)C(=O)CN(c1cccc(C)c1)S(C)(=O)=O. The molecule has 162 valence electrons. The third-order valence-corrected chi connectivity index (χ3v) is 6.13. The number of nitrogens with one attached hydrogen (secondary N) is 1. The first-order chi connectivity index (χ1) is 14.0. The number of hydrogen-bond acceptors (Lipinski definition) is 4. The number of sulfonamides is 1. The summed E-state index contributed by atoms with van der Waals surface area (Å²) in [6.07, 6.45) is 1.07. The van der Waals surface area contributed by atoms with Gasteiger partial charge in [-0.3, -0.25) is 13.9 Å². The van der Waals surface area contributed by atoms with E-state index in [-0.39, 0.29) is 12.5 Å². The maximum Gasteiger partial charge on any atom is 0.244 e. The second-order valence-corrected chi connectivity index (χ2v) is 9.25. The molecular weight excluding hydrogens is 402 g/mol. The fourth-order valence-electron chi connectivity index (χ4n) is 3.16. The van der Waals surface area contributed by atoms with Crippen LogP contribution >= 0.6 is 0 Å². The molecule has 2 aromatic carbocycles. The fourth-order valence-corrected chi connectivity index (χ4v) is 4.00. The van der Waals surface area contributed by atoms with E-state index in [1.54, 1.807) is 25.1 Å². The number of benzene rings is 2. The predicted octanol–water partition coefficient (Wildman–Crippen LogP) is 2.23. The van der Waals surface area contributed by atoms with E-state index in [0.29, 0.717) is 5.69 Å². The summed E-state index contributed by atoms with van der Waals surface area (Å²) in [4.78, 5) is 27.0. The Morgan fingerprint density at radius 2 is 1.73 bits per heavy atom. The van der Waals surface area contributed by atoms with Gasteiger partial charge < -0.3 is 10.2 Å². The largest absolute Gasteiger partial charge is 0.357 e. The zero-order chi connectivity index (χ0) is 22.5. The van der Waals surface area contributed by atoms with Crippen molar-refractivity contribution in [3.63, 3.8) is 0 Å². The van der Waals surface area contributed by atoms with Crippen molar-refractivity contribution in [1.29, 1.82) is 0 Å². The molecule has 0 saturated heterocycles. The van der Waals surface area contributed by atoms with Crippen LogP contribution in [0.3, 0.4) is 0 Å². The molecule has 7 nitrogen and oxygen atoms in total.